The van der Waals surface area contributed by atoms with Crippen LogP contribution in [0, 0.1) is 0 Å². The van der Waals surface area contributed by atoms with E-state index in [2.05, 4.69) is 38.7 Å². The van der Waals surface area contributed by atoms with Crippen LogP contribution in [-0.4, -0.2) is 16.9 Å². The number of hydrogen-bond acceptors (Lipinski definition) is 2. The average molecular weight is 232 g/mol. The Morgan fingerprint density at radius 2 is 1.94 bits per heavy atom. The van der Waals surface area contributed by atoms with Crippen LogP contribution in [0.25, 0.3) is 0 Å². The van der Waals surface area contributed by atoms with Gasteiger partial charge in [0.15, 0.2) is 0 Å². The van der Waals surface area contributed by atoms with Gasteiger partial charge in [-0.25, -0.2) is 0 Å². The van der Waals surface area contributed by atoms with E-state index in [9.17, 15) is 4.79 Å². The van der Waals surface area contributed by atoms with Crippen LogP contribution < -0.4 is 4.90 Å². The summed E-state index contributed by atoms with van der Waals surface area (Å²) in [5, 5.41) is 0. The van der Waals surface area contributed by atoms with Crippen molar-refractivity contribution in [3.8, 4) is 0 Å². The number of carbonyl (C=O) groups excluding carboxylic acids is 1. The average Bonchev–Trinajstić information content (AvgIpc) is 2.27. The maximum absolute atomic E-state index is 12.0. The van der Waals surface area contributed by atoms with Gasteiger partial charge >= 0.3 is 0 Å². The molecule has 0 radical (unpaired) electrons. The predicted molar refractivity (Wildman–Crippen MR) is 69.3 cm³/mol. The highest BCUT2D eigenvalue weighted by molar-refractivity contribution is 5.96. The Kier molecular flexibility index (Phi) is 3.18. The number of aryl methyl sites for hydroxylation is 1. The molecule has 0 bridgehead atoms. The largest absolute Gasteiger partial charge is 0.308 e. The van der Waals surface area contributed by atoms with Gasteiger partial charge in [-0.1, -0.05) is 13.8 Å². The second kappa shape index (κ2) is 4.47. The lowest BCUT2D eigenvalue weighted by molar-refractivity contribution is -0.119. The van der Waals surface area contributed by atoms with E-state index >= 15 is 0 Å². The fourth-order valence-corrected chi connectivity index (χ4v) is 2.26. The van der Waals surface area contributed by atoms with Crippen LogP contribution >= 0.6 is 0 Å². The molecule has 1 aliphatic rings. The van der Waals surface area contributed by atoms with E-state index < -0.39 is 0 Å². The Morgan fingerprint density at radius 3 is 2.53 bits per heavy atom. The number of fused-ring (bicyclic) bond motifs is 1. The molecule has 1 aliphatic heterocycles. The summed E-state index contributed by atoms with van der Waals surface area (Å²) in [4.78, 5) is 18.4. The number of pyridine rings is 1. The minimum absolute atomic E-state index is 0.200. The zero-order valence-corrected chi connectivity index (χ0v) is 11.0. The number of amides is 1. The lowest BCUT2D eigenvalue weighted by atomic mass is 9.99. The Morgan fingerprint density at radius 1 is 1.24 bits per heavy atom. The highest BCUT2D eigenvalue weighted by Crippen LogP contribution is 2.30. The summed E-state index contributed by atoms with van der Waals surface area (Å²) in [5.74, 6) is 0.661. The van der Waals surface area contributed by atoms with Crippen molar-refractivity contribution in [3.05, 3.63) is 23.5 Å². The summed E-state index contributed by atoms with van der Waals surface area (Å²) in [7, 11) is 0. The first kappa shape index (κ1) is 12.1. The van der Waals surface area contributed by atoms with Crippen molar-refractivity contribution in [1.29, 1.82) is 0 Å². The maximum atomic E-state index is 12.0. The highest BCUT2D eigenvalue weighted by Gasteiger charge is 2.27. The van der Waals surface area contributed by atoms with E-state index in [1.54, 1.807) is 0 Å². The molecule has 0 atom stereocenters. The van der Waals surface area contributed by atoms with Gasteiger partial charge in [-0.05, 0) is 31.4 Å². The predicted octanol–water partition coefficient (Wildman–Crippen LogP) is 2.89. The van der Waals surface area contributed by atoms with Crippen molar-refractivity contribution in [2.45, 2.75) is 52.5 Å². The van der Waals surface area contributed by atoms with Gasteiger partial charge in [-0.2, -0.15) is 0 Å². The van der Waals surface area contributed by atoms with Gasteiger partial charge in [-0.15, -0.1) is 0 Å². The van der Waals surface area contributed by atoms with E-state index in [0.29, 0.717) is 12.3 Å². The summed E-state index contributed by atoms with van der Waals surface area (Å²) in [6.07, 6.45) is 3.30. The fourth-order valence-electron chi connectivity index (χ4n) is 2.26. The molecule has 0 saturated heterocycles. The molecule has 1 aromatic rings. The van der Waals surface area contributed by atoms with Crippen molar-refractivity contribution in [2.24, 2.45) is 0 Å². The summed E-state index contributed by atoms with van der Waals surface area (Å²) in [6.45, 7) is 8.39. The van der Waals surface area contributed by atoms with Gasteiger partial charge in [0.2, 0.25) is 5.91 Å². The Bertz CT molecular complexity index is 438. The molecule has 0 N–H and O–H groups in total. The number of carbonyl (C=O) groups is 1. The Labute approximate surface area is 103 Å². The van der Waals surface area contributed by atoms with Gasteiger partial charge in [0.25, 0.3) is 0 Å². The molecular weight excluding hydrogens is 212 g/mol. The first-order chi connectivity index (χ1) is 8.00. The molecule has 0 aromatic carbocycles. The molecule has 2 heterocycles. The second-order valence-corrected chi connectivity index (χ2v) is 5.25. The topological polar surface area (TPSA) is 33.2 Å². The highest BCUT2D eigenvalue weighted by atomic mass is 16.2. The minimum Gasteiger partial charge on any atom is -0.308 e. The first-order valence-corrected chi connectivity index (χ1v) is 6.31. The van der Waals surface area contributed by atoms with Crippen molar-refractivity contribution in [1.82, 2.24) is 4.98 Å². The first-order valence-electron chi connectivity index (χ1n) is 6.31. The van der Waals surface area contributed by atoms with Crippen LogP contribution in [0.3, 0.4) is 0 Å². The van der Waals surface area contributed by atoms with Gasteiger partial charge in [0.1, 0.15) is 0 Å². The Balaban J connectivity index is 2.48. The van der Waals surface area contributed by atoms with Crippen LogP contribution in [0.1, 0.15) is 51.3 Å². The van der Waals surface area contributed by atoms with Crippen LogP contribution in [0.2, 0.25) is 0 Å². The summed E-state index contributed by atoms with van der Waals surface area (Å²) in [5.41, 5.74) is 3.27. The third-order valence-electron chi connectivity index (χ3n) is 3.26. The molecule has 17 heavy (non-hydrogen) atoms. The van der Waals surface area contributed by atoms with Gasteiger partial charge < -0.3 is 4.90 Å². The maximum Gasteiger partial charge on any atom is 0.227 e. The molecule has 2 rings (SSSR count). The van der Waals surface area contributed by atoms with Crippen LogP contribution in [0.4, 0.5) is 5.69 Å². The normalized spacial score (nSPS) is 15.6. The van der Waals surface area contributed by atoms with Crippen molar-refractivity contribution < 1.29 is 4.79 Å². The van der Waals surface area contributed by atoms with Gasteiger partial charge in [0.05, 0.1) is 11.4 Å². The van der Waals surface area contributed by atoms with E-state index in [-0.39, 0.29) is 11.9 Å². The van der Waals surface area contributed by atoms with E-state index in [0.717, 1.165) is 17.8 Å². The quantitative estimate of drug-likeness (QED) is 0.785. The summed E-state index contributed by atoms with van der Waals surface area (Å²) in [6, 6.07) is 2.33. The van der Waals surface area contributed by atoms with E-state index in [1.807, 2.05) is 11.1 Å². The molecule has 0 aliphatic carbocycles. The number of rotatable bonds is 2. The van der Waals surface area contributed by atoms with Crippen molar-refractivity contribution in [3.63, 3.8) is 0 Å². The number of nitrogens with zero attached hydrogens (tertiary/aromatic N) is 2. The van der Waals surface area contributed by atoms with Gasteiger partial charge in [0, 0.05) is 25.1 Å². The summed E-state index contributed by atoms with van der Waals surface area (Å²) < 4.78 is 0. The SMILES string of the molecule is CC(C)c1cnc2c(c1)N(C(C)C)C(=O)CC2. The smallest absolute Gasteiger partial charge is 0.227 e. The number of aromatic nitrogens is 1. The van der Waals surface area contributed by atoms with Crippen LogP contribution in [0.15, 0.2) is 12.3 Å². The molecule has 1 aromatic heterocycles. The molecule has 3 heteroatoms. The third-order valence-corrected chi connectivity index (χ3v) is 3.26. The molecule has 92 valence electrons. The molecule has 1 amide bonds. The second-order valence-electron chi connectivity index (χ2n) is 5.25. The molecular formula is C14H20N2O. The minimum atomic E-state index is 0.200. The van der Waals surface area contributed by atoms with Crippen LogP contribution in [-0.2, 0) is 11.2 Å². The zero-order valence-electron chi connectivity index (χ0n) is 11.0. The molecule has 0 unspecified atom stereocenters. The van der Waals surface area contributed by atoms with Crippen molar-refractivity contribution >= 4 is 11.6 Å². The monoisotopic (exact) mass is 232 g/mol. The van der Waals surface area contributed by atoms with E-state index in [4.69, 9.17) is 0 Å². The summed E-state index contributed by atoms with van der Waals surface area (Å²) >= 11 is 0. The van der Waals surface area contributed by atoms with Crippen LogP contribution in [0.5, 0.6) is 0 Å². The molecule has 0 spiro atoms. The molecule has 0 saturated carbocycles. The molecule has 3 nitrogen and oxygen atoms in total. The zero-order chi connectivity index (χ0) is 12.6. The lowest BCUT2D eigenvalue weighted by Crippen LogP contribution is -2.40. The van der Waals surface area contributed by atoms with Crippen molar-refractivity contribution in [2.75, 3.05) is 4.90 Å². The lowest BCUT2D eigenvalue weighted by Gasteiger charge is -2.32. The third kappa shape index (κ3) is 2.19. The van der Waals surface area contributed by atoms with Gasteiger partial charge in [-0.3, -0.25) is 9.78 Å². The molecule has 0 fully saturated rings. The standard InChI is InChI=1S/C14H20N2O/c1-9(2)11-7-13-12(15-8-11)5-6-14(17)16(13)10(3)4/h7-10H,5-6H2,1-4H3. The fraction of sp³-hybridized carbons (Fsp3) is 0.571. The Hall–Kier alpha value is -1.38. The number of hydrogen-bond donors (Lipinski definition) is 0. The number of anilines is 1. The van der Waals surface area contributed by atoms with E-state index in [1.165, 1.54) is 5.56 Å².